The largest absolute Gasteiger partial charge is 0.351 e. The van der Waals surface area contributed by atoms with E-state index in [-0.39, 0.29) is 11.7 Å². The summed E-state index contributed by atoms with van der Waals surface area (Å²) >= 11 is 0. The van der Waals surface area contributed by atoms with E-state index in [4.69, 9.17) is 0 Å². The van der Waals surface area contributed by atoms with Crippen molar-refractivity contribution in [1.29, 1.82) is 0 Å². The third-order valence-electron chi connectivity index (χ3n) is 5.23. The van der Waals surface area contributed by atoms with E-state index in [0.29, 0.717) is 23.5 Å². The van der Waals surface area contributed by atoms with Crippen molar-refractivity contribution in [2.75, 3.05) is 6.54 Å². The predicted molar refractivity (Wildman–Crippen MR) is 116 cm³/mol. The number of rotatable bonds is 5. The second-order valence-electron chi connectivity index (χ2n) is 8.02. The fraction of sp³-hybridized carbons (Fsp3) is 0.208. The van der Waals surface area contributed by atoms with Crippen molar-refractivity contribution in [2.45, 2.75) is 19.3 Å². The Hall–Kier alpha value is -3.54. The number of benzene rings is 2. The number of hydrogen-bond donors (Lipinski definition) is 1. The van der Waals surface area contributed by atoms with Gasteiger partial charge in [-0.15, -0.1) is 0 Å². The molecule has 6 heteroatoms. The molecule has 0 bridgehead atoms. The van der Waals surface area contributed by atoms with Crippen molar-refractivity contribution < 1.29 is 9.18 Å². The van der Waals surface area contributed by atoms with Crippen LogP contribution in [0.5, 0.6) is 0 Å². The normalized spacial score (nSPS) is 11.6. The molecule has 1 N–H and O–H groups in total. The zero-order chi connectivity index (χ0) is 21.3. The van der Waals surface area contributed by atoms with Crippen LogP contribution in [0.3, 0.4) is 0 Å². The van der Waals surface area contributed by atoms with Gasteiger partial charge in [0.2, 0.25) is 0 Å². The van der Waals surface area contributed by atoms with Crippen molar-refractivity contribution in [3.05, 3.63) is 83.8 Å². The summed E-state index contributed by atoms with van der Waals surface area (Å²) in [5, 5.41) is 8.20. The molecule has 2 aromatic heterocycles. The quantitative estimate of drug-likeness (QED) is 0.535. The van der Waals surface area contributed by atoms with Gasteiger partial charge in [-0.2, -0.15) is 5.10 Å². The lowest BCUT2D eigenvalue weighted by Crippen LogP contribution is -2.36. The lowest BCUT2D eigenvalue weighted by atomic mass is 9.84. The van der Waals surface area contributed by atoms with E-state index < -0.39 is 5.41 Å². The zero-order valence-corrected chi connectivity index (χ0v) is 17.2. The number of aryl methyl sites for hydroxylation is 1. The van der Waals surface area contributed by atoms with Crippen molar-refractivity contribution >= 4 is 16.8 Å². The molecule has 0 radical (unpaired) electrons. The molecular formula is C24H23FN4O. The van der Waals surface area contributed by atoms with E-state index in [1.165, 1.54) is 12.1 Å². The zero-order valence-electron chi connectivity index (χ0n) is 17.2. The van der Waals surface area contributed by atoms with Crippen LogP contribution in [-0.2, 0) is 12.5 Å². The van der Waals surface area contributed by atoms with Crippen LogP contribution in [0.25, 0.3) is 22.3 Å². The van der Waals surface area contributed by atoms with E-state index in [2.05, 4.69) is 15.4 Å². The van der Waals surface area contributed by atoms with Gasteiger partial charge in [-0.1, -0.05) is 44.2 Å². The molecule has 4 rings (SSSR count). The van der Waals surface area contributed by atoms with Gasteiger partial charge in [-0.3, -0.25) is 9.48 Å². The second kappa shape index (κ2) is 7.71. The number of carbonyl (C=O) groups is 1. The average Bonchev–Trinajstić information content (AvgIpc) is 3.17. The maximum atomic E-state index is 13.6. The molecular weight excluding hydrogens is 379 g/mol. The highest BCUT2D eigenvalue weighted by atomic mass is 19.1. The fourth-order valence-electron chi connectivity index (χ4n) is 3.45. The molecule has 0 saturated carbocycles. The molecule has 0 spiro atoms. The minimum atomic E-state index is -0.426. The van der Waals surface area contributed by atoms with Crippen LogP contribution in [0, 0.1) is 5.82 Å². The first-order chi connectivity index (χ1) is 14.3. The van der Waals surface area contributed by atoms with Gasteiger partial charge in [-0.05, 0) is 35.9 Å². The monoisotopic (exact) mass is 402 g/mol. The second-order valence-corrected chi connectivity index (χ2v) is 8.02. The molecule has 1 amide bonds. The molecule has 0 aliphatic carbocycles. The van der Waals surface area contributed by atoms with Crippen LogP contribution in [0.2, 0.25) is 0 Å². The first kappa shape index (κ1) is 19.8. The predicted octanol–water partition coefficient (Wildman–Crippen LogP) is 4.48. The Labute approximate surface area is 174 Å². The summed E-state index contributed by atoms with van der Waals surface area (Å²) in [7, 11) is 1.84. The first-order valence-corrected chi connectivity index (χ1v) is 9.77. The van der Waals surface area contributed by atoms with Crippen LogP contribution < -0.4 is 5.32 Å². The Morgan fingerprint density at radius 3 is 2.60 bits per heavy atom. The van der Waals surface area contributed by atoms with Crippen molar-refractivity contribution in [3.63, 3.8) is 0 Å². The Morgan fingerprint density at radius 1 is 1.07 bits per heavy atom. The van der Waals surface area contributed by atoms with Gasteiger partial charge < -0.3 is 5.32 Å². The molecule has 152 valence electrons. The molecule has 30 heavy (non-hydrogen) atoms. The maximum absolute atomic E-state index is 13.6. The summed E-state index contributed by atoms with van der Waals surface area (Å²) in [5.74, 6) is -0.484. The van der Waals surface area contributed by atoms with Crippen molar-refractivity contribution in [1.82, 2.24) is 20.1 Å². The van der Waals surface area contributed by atoms with Crippen LogP contribution in [0.1, 0.15) is 29.8 Å². The number of halogens is 1. The number of pyridine rings is 1. The summed E-state index contributed by atoms with van der Waals surface area (Å²) in [5.41, 5.74) is 3.02. The number of amides is 1. The maximum Gasteiger partial charge on any atom is 0.252 e. The topological polar surface area (TPSA) is 59.8 Å². The van der Waals surface area contributed by atoms with Crippen LogP contribution in [-0.4, -0.2) is 27.2 Å². The Balaban J connectivity index is 1.65. The molecule has 2 aromatic carbocycles. The van der Waals surface area contributed by atoms with Crippen molar-refractivity contribution in [2.24, 2.45) is 7.05 Å². The molecule has 5 nitrogen and oxygen atoms in total. The smallest absolute Gasteiger partial charge is 0.252 e. The standard InChI is InChI=1S/C24H23FN4O/c1-24(2,16-7-6-8-17(25)13-16)15-26-23(30)19-14-22(21-11-12-29(3)28-21)27-20-10-5-4-9-18(19)20/h4-14H,15H2,1-3H3,(H,26,30). The van der Waals surface area contributed by atoms with E-state index in [0.717, 1.165) is 16.5 Å². The number of aromatic nitrogens is 3. The first-order valence-electron chi connectivity index (χ1n) is 9.77. The Bertz CT molecular complexity index is 1230. The number of para-hydroxylation sites is 1. The highest BCUT2D eigenvalue weighted by Gasteiger charge is 2.23. The van der Waals surface area contributed by atoms with Gasteiger partial charge in [0.25, 0.3) is 5.91 Å². The Kier molecular flexibility index (Phi) is 5.08. The van der Waals surface area contributed by atoms with Crippen molar-refractivity contribution in [3.8, 4) is 11.4 Å². The van der Waals surface area contributed by atoms with Crippen LogP contribution in [0.4, 0.5) is 4.39 Å². The molecule has 0 atom stereocenters. The summed E-state index contributed by atoms with van der Waals surface area (Å²) in [6, 6.07) is 17.7. The molecule has 4 aromatic rings. The third-order valence-corrected chi connectivity index (χ3v) is 5.23. The minimum absolute atomic E-state index is 0.199. The Morgan fingerprint density at radius 2 is 1.87 bits per heavy atom. The molecule has 0 unspecified atom stereocenters. The summed E-state index contributed by atoms with van der Waals surface area (Å²) < 4.78 is 15.3. The van der Waals surface area contributed by atoms with Crippen LogP contribution in [0.15, 0.2) is 66.9 Å². The minimum Gasteiger partial charge on any atom is -0.351 e. The third kappa shape index (κ3) is 3.94. The number of nitrogens with one attached hydrogen (secondary N) is 1. The molecule has 2 heterocycles. The van der Waals surface area contributed by atoms with Gasteiger partial charge in [0, 0.05) is 30.6 Å². The summed E-state index contributed by atoms with van der Waals surface area (Å²) in [6.45, 7) is 4.32. The van der Waals surface area contributed by atoms with E-state index in [9.17, 15) is 9.18 Å². The molecule has 0 aliphatic rings. The number of carbonyl (C=O) groups excluding carboxylic acids is 1. The van der Waals surface area contributed by atoms with Gasteiger partial charge in [0.1, 0.15) is 11.5 Å². The highest BCUT2D eigenvalue weighted by Crippen LogP contribution is 2.26. The number of nitrogens with zero attached hydrogens (tertiary/aromatic N) is 3. The van der Waals surface area contributed by atoms with Gasteiger partial charge in [0.15, 0.2) is 0 Å². The SMILES string of the molecule is Cn1ccc(-c2cc(C(=O)NCC(C)(C)c3cccc(F)c3)c3ccccc3n2)n1. The molecule has 0 saturated heterocycles. The fourth-order valence-corrected chi connectivity index (χ4v) is 3.45. The average molecular weight is 402 g/mol. The molecule has 0 aliphatic heterocycles. The lowest BCUT2D eigenvalue weighted by molar-refractivity contribution is 0.0947. The van der Waals surface area contributed by atoms with E-state index >= 15 is 0 Å². The van der Waals surface area contributed by atoms with E-state index in [1.54, 1.807) is 16.8 Å². The number of hydrogen-bond acceptors (Lipinski definition) is 3. The van der Waals surface area contributed by atoms with E-state index in [1.807, 2.05) is 63.5 Å². The van der Waals surface area contributed by atoms with Gasteiger partial charge >= 0.3 is 0 Å². The summed E-state index contributed by atoms with van der Waals surface area (Å²) in [4.78, 5) is 17.8. The lowest BCUT2D eigenvalue weighted by Gasteiger charge is -2.26. The number of fused-ring (bicyclic) bond motifs is 1. The molecule has 0 fully saturated rings. The van der Waals surface area contributed by atoms with Crippen LogP contribution >= 0.6 is 0 Å². The summed E-state index contributed by atoms with van der Waals surface area (Å²) in [6.07, 6.45) is 1.84. The highest BCUT2D eigenvalue weighted by molar-refractivity contribution is 6.07. The van der Waals surface area contributed by atoms with Gasteiger partial charge in [0.05, 0.1) is 16.8 Å². The van der Waals surface area contributed by atoms with Gasteiger partial charge in [-0.25, -0.2) is 9.37 Å².